The predicted octanol–water partition coefficient (Wildman–Crippen LogP) is 2.80. The van der Waals surface area contributed by atoms with E-state index in [1.807, 2.05) is 29.3 Å². The molecule has 0 spiro atoms. The Bertz CT molecular complexity index is 715. The van der Waals surface area contributed by atoms with Crippen LogP contribution in [0, 0.1) is 5.92 Å². The van der Waals surface area contributed by atoms with Crippen molar-refractivity contribution >= 4 is 29.7 Å². The first-order valence-electron chi connectivity index (χ1n) is 9.17. The number of thiophene rings is 1. The first-order valence-corrected chi connectivity index (χ1v) is 10.0. The van der Waals surface area contributed by atoms with Gasteiger partial charge in [-0.1, -0.05) is 31.5 Å². The SMILES string of the molecule is CCC(C)C(N)C(=O)N1CCN(C(C)c2nc(-c3cccs3)no2)CC1.Cl. The maximum absolute atomic E-state index is 12.5. The maximum Gasteiger partial charge on any atom is 0.244 e. The van der Waals surface area contributed by atoms with E-state index in [4.69, 9.17) is 10.3 Å². The number of nitrogens with zero attached hydrogens (tertiary/aromatic N) is 4. The van der Waals surface area contributed by atoms with Gasteiger partial charge in [0.05, 0.1) is 17.0 Å². The lowest BCUT2D eigenvalue weighted by molar-refractivity contribution is -0.135. The molecule has 2 N–H and O–H groups in total. The molecule has 3 unspecified atom stereocenters. The molecule has 9 heteroatoms. The van der Waals surface area contributed by atoms with Gasteiger partial charge in [0.15, 0.2) is 0 Å². The molecule has 27 heavy (non-hydrogen) atoms. The highest BCUT2D eigenvalue weighted by molar-refractivity contribution is 7.13. The summed E-state index contributed by atoms with van der Waals surface area (Å²) < 4.78 is 5.47. The Hall–Kier alpha value is -1.48. The van der Waals surface area contributed by atoms with E-state index in [1.165, 1.54) is 0 Å². The van der Waals surface area contributed by atoms with Gasteiger partial charge in [-0.25, -0.2) is 0 Å². The molecule has 2 aromatic rings. The van der Waals surface area contributed by atoms with Crippen molar-refractivity contribution in [3.05, 3.63) is 23.4 Å². The Balaban J connectivity index is 0.00000261. The van der Waals surface area contributed by atoms with Crippen LogP contribution in [0.1, 0.15) is 39.1 Å². The summed E-state index contributed by atoms with van der Waals surface area (Å²) in [5, 5.41) is 6.08. The maximum atomic E-state index is 12.5. The zero-order valence-corrected chi connectivity index (χ0v) is 17.6. The number of rotatable bonds is 6. The summed E-state index contributed by atoms with van der Waals surface area (Å²) in [5.74, 6) is 1.51. The number of piperazine rings is 1. The first kappa shape index (κ1) is 21.8. The minimum absolute atomic E-state index is 0. The molecule has 1 fully saturated rings. The van der Waals surface area contributed by atoms with Crippen molar-refractivity contribution in [3.63, 3.8) is 0 Å². The van der Waals surface area contributed by atoms with Crippen molar-refractivity contribution in [2.45, 2.75) is 39.3 Å². The zero-order valence-electron chi connectivity index (χ0n) is 16.0. The fourth-order valence-electron chi connectivity index (χ4n) is 3.10. The van der Waals surface area contributed by atoms with Crippen LogP contribution in [0.5, 0.6) is 0 Å². The molecular weight excluding hydrogens is 386 g/mol. The monoisotopic (exact) mass is 413 g/mol. The lowest BCUT2D eigenvalue weighted by atomic mass is 9.98. The van der Waals surface area contributed by atoms with Crippen LogP contribution in [-0.2, 0) is 4.79 Å². The zero-order chi connectivity index (χ0) is 18.7. The van der Waals surface area contributed by atoms with Gasteiger partial charge in [-0.3, -0.25) is 9.69 Å². The highest BCUT2D eigenvalue weighted by Gasteiger charge is 2.31. The van der Waals surface area contributed by atoms with Crippen LogP contribution >= 0.6 is 23.7 Å². The van der Waals surface area contributed by atoms with E-state index in [9.17, 15) is 4.79 Å². The van der Waals surface area contributed by atoms with Gasteiger partial charge >= 0.3 is 0 Å². The number of aromatic nitrogens is 2. The van der Waals surface area contributed by atoms with Crippen molar-refractivity contribution in [1.29, 1.82) is 0 Å². The summed E-state index contributed by atoms with van der Waals surface area (Å²) in [6, 6.07) is 3.57. The Morgan fingerprint density at radius 1 is 1.33 bits per heavy atom. The average Bonchev–Trinajstić information content (AvgIpc) is 3.37. The lowest BCUT2D eigenvalue weighted by Crippen LogP contribution is -2.54. The van der Waals surface area contributed by atoms with Crippen LogP contribution in [-0.4, -0.2) is 58.1 Å². The number of hydrogen-bond donors (Lipinski definition) is 1. The summed E-state index contributed by atoms with van der Waals surface area (Å²) >= 11 is 1.59. The van der Waals surface area contributed by atoms with E-state index in [0.717, 1.165) is 24.4 Å². The van der Waals surface area contributed by atoms with Gasteiger partial charge < -0.3 is 15.2 Å². The second kappa shape index (κ2) is 9.64. The third-order valence-corrected chi connectivity index (χ3v) is 6.12. The molecule has 150 valence electrons. The van der Waals surface area contributed by atoms with Gasteiger partial charge in [-0.15, -0.1) is 23.7 Å². The van der Waals surface area contributed by atoms with Crippen molar-refractivity contribution in [2.24, 2.45) is 11.7 Å². The normalized spacial score (nSPS) is 18.6. The second-order valence-electron chi connectivity index (χ2n) is 6.88. The van der Waals surface area contributed by atoms with Gasteiger partial charge in [0.25, 0.3) is 0 Å². The fraction of sp³-hybridized carbons (Fsp3) is 0.611. The van der Waals surface area contributed by atoms with Crippen molar-refractivity contribution in [3.8, 4) is 10.7 Å². The number of halogens is 1. The molecule has 1 amide bonds. The van der Waals surface area contributed by atoms with Gasteiger partial charge in [-0.05, 0) is 24.3 Å². The lowest BCUT2D eigenvalue weighted by Gasteiger charge is -2.38. The molecule has 2 aromatic heterocycles. The minimum Gasteiger partial charge on any atom is -0.339 e. The molecule has 3 atom stereocenters. The Morgan fingerprint density at radius 2 is 2.04 bits per heavy atom. The summed E-state index contributed by atoms with van der Waals surface area (Å²) in [6.45, 7) is 9.06. The third kappa shape index (κ3) is 4.87. The summed E-state index contributed by atoms with van der Waals surface area (Å²) in [5.41, 5.74) is 6.10. The Labute approximate surface area is 170 Å². The van der Waals surface area contributed by atoms with Gasteiger partial charge in [0.1, 0.15) is 0 Å². The Kier molecular flexibility index (Phi) is 7.79. The van der Waals surface area contributed by atoms with Crippen LogP contribution < -0.4 is 5.73 Å². The summed E-state index contributed by atoms with van der Waals surface area (Å²) in [7, 11) is 0. The molecule has 1 aliphatic rings. The molecule has 0 bridgehead atoms. The number of carbonyl (C=O) groups is 1. The third-order valence-electron chi connectivity index (χ3n) is 5.26. The van der Waals surface area contributed by atoms with E-state index < -0.39 is 6.04 Å². The highest BCUT2D eigenvalue weighted by atomic mass is 35.5. The second-order valence-corrected chi connectivity index (χ2v) is 7.83. The fourth-order valence-corrected chi connectivity index (χ4v) is 3.75. The van der Waals surface area contributed by atoms with Crippen LogP contribution in [0.3, 0.4) is 0 Å². The van der Waals surface area contributed by atoms with Crippen LogP contribution in [0.15, 0.2) is 22.0 Å². The van der Waals surface area contributed by atoms with Crippen molar-refractivity contribution < 1.29 is 9.32 Å². The van der Waals surface area contributed by atoms with Crippen molar-refractivity contribution in [2.75, 3.05) is 26.2 Å². The smallest absolute Gasteiger partial charge is 0.244 e. The van der Waals surface area contributed by atoms with Crippen LogP contribution in [0.4, 0.5) is 0 Å². The molecular formula is C18H28ClN5O2S. The highest BCUT2D eigenvalue weighted by Crippen LogP contribution is 2.26. The van der Waals surface area contributed by atoms with Gasteiger partial charge in [0, 0.05) is 26.2 Å². The number of carbonyl (C=O) groups excluding carboxylic acids is 1. The standard InChI is InChI=1S/C18H27N5O2S.ClH/c1-4-12(2)15(19)18(24)23-9-7-22(8-10-23)13(3)17-20-16(21-25-17)14-6-5-11-26-14;/h5-6,11-13,15H,4,7-10,19H2,1-3H3;1H. The number of hydrogen-bond acceptors (Lipinski definition) is 7. The van der Waals surface area contributed by atoms with E-state index in [1.54, 1.807) is 11.3 Å². The minimum atomic E-state index is -0.409. The molecule has 1 saturated heterocycles. The summed E-state index contributed by atoms with van der Waals surface area (Å²) in [4.78, 5) is 22.2. The molecule has 3 rings (SSSR count). The molecule has 0 aliphatic carbocycles. The largest absolute Gasteiger partial charge is 0.339 e. The van der Waals surface area contributed by atoms with Gasteiger partial charge in [0.2, 0.25) is 17.6 Å². The van der Waals surface area contributed by atoms with Crippen LogP contribution in [0.2, 0.25) is 0 Å². The molecule has 0 radical (unpaired) electrons. The van der Waals surface area contributed by atoms with E-state index in [-0.39, 0.29) is 30.3 Å². The molecule has 0 saturated carbocycles. The summed E-state index contributed by atoms with van der Waals surface area (Å²) in [6.07, 6.45) is 0.910. The van der Waals surface area contributed by atoms with E-state index >= 15 is 0 Å². The van der Waals surface area contributed by atoms with E-state index in [0.29, 0.717) is 24.8 Å². The van der Waals surface area contributed by atoms with E-state index in [2.05, 4.69) is 28.9 Å². The van der Waals surface area contributed by atoms with Crippen LogP contribution in [0.25, 0.3) is 10.7 Å². The molecule has 1 aliphatic heterocycles. The average molecular weight is 414 g/mol. The number of amides is 1. The first-order chi connectivity index (χ1) is 12.5. The Morgan fingerprint density at radius 3 is 2.63 bits per heavy atom. The number of nitrogens with two attached hydrogens (primary N) is 1. The molecule has 7 nitrogen and oxygen atoms in total. The topological polar surface area (TPSA) is 88.5 Å². The van der Waals surface area contributed by atoms with Crippen molar-refractivity contribution in [1.82, 2.24) is 19.9 Å². The quantitative estimate of drug-likeness (QED) is 0.783. The molecule has 3 heterocycles. The van der Waals surface area contributed by atoms with Gasteiger partial charge in [-0.2, -0.15) is 4.98 Å². The predicted molar refractivity (Wildman–Crippen MR) is 109 cm³/mol. The molecule has 0 aromatic carbocycles.